The quantitative estimate of drug-likeness (QED) is 0.692. The van der Waals surface area contributed by atoms with E-state index in [-0.39, 0.29) is 23.8 Å². The zero-order chi connectivity index (χ0) is 12.2. The Balaban J connectivity index is 0.00000256. The SMILES string of the molecule is Cl.N[C@@H](CNS(=O)(=O)c1ccccc1)C(=O)O. The largest absolute Gasteiger partial charge is 0.480 e. The summed E-state index contributed by atoms with van der Waals surface area (Å²) in [5.41, 5.74) is 5.18. The maximum absolute atomic E-state index is 11.6. The summed E-state index contributed by atoms with van der Waals surface area (Å²) in [5.74, 6) is -1.25. The van der Waals surface area contributed by atoms with Crippen LogP contribution in [0.15, 0.2) is 35.2 Å². The Hall–Kier alpha value is -1.15. The number of halogens is 1. The molecule has 4 N–H and O–H groups in total. The molecule has 17 heavy (non-hydrogen) atoms. The van der Waals surface area contributed by atoms with Gasteiger partial charge in [-0.3, -0.25) is 4.79 Å². The molecule has 1 rings (SSSR count). The number of nitrogens with two attached hydrogens (primary N) is 1. The molecule has 6 nitrogen and oxygen atoms in total. The fourth-order valence-corrected chi connectivity index (χ4v) is 2.05. The van der Waals surface area contributed by atoms with Gasteiger partial charge in [-0.05, 0) is 12.1 Å². The zero-order valence-electron chi connectivity index (χ0n) is 8.74. The van der Waals surface area contributed by atoms with E-state index in [9.17, 15) is 13.2 Å². The number of carboxylic acids is 1. The van der Waals surface area contributed by atoms with Gasteiger partial charge in [0, 0.05) is 6.54 Å². The average molecular weight is 281 g/mol. The van der Waals surface area contributed by atoms with Crippen molar-refractivity contribution in [1.29, 1.82) is 0 Å². The van der Waals surface area contributed by atoms with E-state index in [1.807, 2.05) is 0 Å². The van der Waals surface area contributed by atoms with Crippen molar-refractivity contribution in [2.75, 3.05) is 6.54 Å². The molecule has 0 amide bonds. The van der Waals surface area contributed by atoms with Gasteiger partial charge in [0.05, 0.1) is 4.90 Å². The molecule has 0 aliphatic rings. The summed E-state index contributed by atoms with van der Waals surface area (Å²) in [4.78, 5) is 10.5. The van der Waals surface area contributed by atoms with Gasteiger partial charge in [0.15, 0.2) is 0 Å². The van der Waals surface area contributed by atoms with Gasteiger partial charge in [-0.15, -0.1) is 12.4 Å². The van der Waals surface area contributed by atoms with Crippen LogP contribution in [-0.4, -0.2) is 32.1 Å². The smallest absolute Gasteiger partial charge is 0.321 e. The topological polar surface area (TPSA) is 109 Å². The first-order valence-corrected chi connectivity index (χ1v) is 5.95. The number of nitrogens with one attached hydrogen (secondary N) is 1. The molecule has 1 aromatic carbocycles. The fraction of sp³-hybridized carbons (Fsp3) is 0.222. The van der Waals surface area contributed by atoms with Gasteiger partial charge in [-0.1, -0.05) is 18.2 Å². The molecule has 0 aliphatic heterocycles. The monoisotopic (exact) mass is 280 g/mol. The third kappa shape index (κ3) is 4.70. The molecular formula is C9H13ClN2O4S. The summed E-state index contributed by atoms with van der Waals surface area (Å²) < 4.78 is 25.3. The van der Waals surface area contributed by atoms with Crippen molar-refractivity contribution in [2.45, 2.75) is 10.9 Å². The number of carboxylic acid groups (broad SMARTS) is 1. The number of hydrogen-bond donors (Lipinski definition) is 3. The van der Waals surface area contributed by atoms with Crippen LogP contribution in [0.2, 0.25) is 0 Å². The number of sulfonamides is 1. The van der Waals surface area contributed by atoms with E-state index in [2.05, 4.69) is 4.72 Å². The zero-order valence-corrected chi connectivity index (χ0v) is 10.4. The molecular weight excluding hydrogens is 268 g/mol. The Morgan fingerprint density at radius 1 is 1.35 bits per heavy atom. The van der Waals surface area contributed by atoms with E-state index < -0.39 is 22.0 Å². The molecule has 0 saturated carbocycles. The van der Waals surface area contributed by atoms with E-state index in [1.54, 1.807) is 18.2 Å². The lowest BCUT2D eigenvalue weighted by Crippen LogP contribution is -2.42. The first-order valence-electron chi connectivity index (χ1n) is 4.46. The Morgan fingerprint density at radius 3 is 2.35 bits per heavy atom. The molecule has 0 bridgehead atoms. The Labute approximate surface area is 105 Å². The van der Waals surface area contributed by atoms with Gasteiger partial charge in [-0.25, -0.2) is 13.1 Å². The van der Waals surface area contributed by atoms with Gasteiger partial charge < -0.3 is 10.8 Å². The van der Waals surface area contributed by atoms with Crippen LogP contribution in [0.3, 0.4) is 0 Å². The van der Waals surface area contributed by atoms with E-state index in [0.717, 1.165) is 0 Å². The van der Waals surface area contributed by atoms with Crippen molar-refractivity contribution in [1.82, 2.24) is 4.72 Å². The standard InChI is InChI=1S/C9H12N2O4S.ClH/c10-8(9(12)13)6-11-16(14,15)7-4-2-1-3-5-7;/h1-5,8,11H,6,10H2,(H,12,13);1H/t8-;/m0./s1. The normalized spacial score (nSPS) is 12.5. The minimum atomic E-state index is -3.68. The molecule has 0 aromatic heterocycles. The predicted octanol–water partition coefficient (Wildman–Crippen LogP) is -0.201. The Bertz CT molecular complexity index is 463. The summed E-state index contributed by atoms with van der Waals surface area (Å²) in [5, 5.41) is 8.49. The van der Waals surface area contributed by atoms with Crippen LogP contribution < -0.4 is 10.5 Å². The molecule has 0 saturated heterocycles. The van der Waals surface area contributed by atoms with E-state index in [0.29, 0.717) is 0 Å². The maximum Gasteiger partial charge on any atom is 0.321 e. The molecule has 8 heteroatoms. The van der Waals surface area contributed by atoms with Gasteiger partial charge >= 0.3 is 5.97 Å². The Kier molecular flexibility index (Phi) is 6.11. The summed E-state index contributed by atoms with van der Waals surface area (Å²) >= 11 is 0. The third-order valence-electron chi connectivity index (χ3n) is 1.86. The van der Waals surface area contributed by atoms with Gasteiger partial charge in [0.25, 0.3) is 0 Å². The van der Waals surface area contributed by atoms with Crippen molar-refractivity contribution in [3.8, 4) is 0 Å². The number of hydrogen-bond acceptors (Lipinski definition) is 4. The summed E-state index contributed by atoms with van der Waals surface area (Å²) in [6.45, 7) is -0.341. The minimum absolute atomic E-state index is 0. The summed E-state index contributed by atoms with van der Waals surface area (Å²) in [7, 11) is -3.68. The van der Waals surface area contributed by atoms with Crippen LogP contribution in [0.5, 0.6) is 0 Å². The first kappa shape index (κ1) is 15.9. The van der Waals surface area contributed by atoms with Crippen LogP contribution in [0.1, 0.15) is 0 Å². The molecule has 0 heterocycles. The fourth-order valence-electron chi connectivity index (χ4n) is 0.970. The second kappa shape index (κ2) is 6.55. The van der Waals surface area contributed by atoms with Gasteiger partial charge in [0.1, 0.15) is 6.04 Å². The van der Waals surface area contributed by atoms with Crippen molar-refractivity contribution in [3.05, 3.63) is 30.3 Å². The lowest BCUT2D eigenvalue weighted by Gasteiger charge is -2.09. The van der Waals surface area contributed by atoms with Crippen molar-refractivity contribution >= 4 is 28.4 Å². The number of carbonyl (C=O) groups is 1. The molecule has 1 atom stereocenters. The average Bonchev–Trinajstić information content (AvgIpc) is 2.27. The van der Waals surface area contributed by atoms with Crippen LogP contribution in [0, 0.1) is 0 Å². The second-order valence-corrected chi connectivity index (χ2v) is 4.88. The lowest BCUT2D eigenvalue weighted by atomic mass is 10.3. The molecule has 0 radical (unpaired) electrons. The number of aliphatic carboxylic acids is 1. The van der Waals surface area contributed by atoms with Crippen LogP contribution in [0.25, 0.3) is 0 Å². The minimum Gasteiger partial charge on any atom is -0.480 e. The van der Waals surface area contributed by atoms with Crippen LogP contribution in [0.4, 0.5) is 0 Å². The van der Waals surface area contributed by atoms with Crippen molar-refractivity contribution < 1.29 is 18.3 Å². The van der Waals surface area contributed by atoms with Crippen molar-refractivity contribution in [2.24, 2.45) is 5.73 Å². The van der Waals surface area contributed by atoms with E-state index >= 15 is 0 Å². The van der Waals surface area contributed by atoms with E-state index in [4.69, 9.17) is 10.8 Å². The highest BCUT2D eigenvalue weighted by Gasteiger charge is 2.17. The summed E-state index contributed by atoms with van der Waals surface area (Å²) in [6.07, 6.45) is 0. The second-order valence-electron chi connectivity index (χ2n) is 3.11. The molecule has 0 unspecified atom stereocenters. The molecule has 96 valence electrons. The molecule has 1 aromatic rings. The van der Waals surface area contributed by atoms with Crippen LogP contribution >= 0.6 is 12.4 Å². The molecule has 0 fully saturated rings. The number of rotatable bonds is 5. The van der Waals surface area contributed by atoms with Crippen molar-refractivity contribution in [3.63, 3.8) is 0 Å². The van der Waals surface area contributed by atoms with E-state index in [1.165, 1.54) is 12.1 Å². The highest BCUT2D eigenvalue weighted by atomic mass is 35.5. The summed E-state index contributed by atoms with van der Waals surface area (Å²) in [6, 6.07) is 6.40. The number of benzene rings is 1. The van der Waals surface area contributed by atoms with Gasteiger partial charge in [0.2, 0.25) is 10.0 Å². The predicted molar refractivity (Wildman–Crippen MR) is 64.5 cm³/mol. The highest BCUT2D eigenvalue weighted by Crippen LogP contribution is 2.06. The van der Waals surface area contributed by atoms with Gasteiger partial charge in [-0.2, -0.15) is 0 Å². The van der Waals surface area contributed by atoms with Crippen LogP contribution in [-0.2, 0) is 14.8 Å². The molecule has 0 aliphatic carbocycles. The first-order chi connectivity index (χ1) is 7.43. The Morgan fingerprint density at radius 2 is 1.88 bits per heavy atom. The molecule has 0 spiro atoms. The maximum atomic E-state index is 11.6. The highest BCUT2D eigenvalue weighted by molar-refractivity contribution is 7.89. The lowest BCUT2D eigenvalue weighted by molar-refractivity contribution is -0.138. The third-order valence-corrected chi connectivity index (χ3v) is 3.30.